The Balaban J connectivity index is 0.000000371. The van der Waals surface area contributed by atoms with Crippen molar-refractivity contribution < 1.29 is 0 Å². The lowest BCUT2D eigenvalue weighted by Gasteiger charge is -2.25. The van der Waals surface area contributed by atoms with E-state index in [0.717, 1.165) is 0 Å². The van der Waals surface area contributed by atoms with E-state index in [1.807, 2.05) is 13.8 Å². The highest BCUT2D eigenvalue weighted by Gasteiger charge is 2.04. The Bertz CT molecular complexity index is 58.3. The van der Waals surface area contributed by atoms with Crippen molar-refractivity contribution in [2.24, 2.45) is 0 Å². The molecule has 0 bridgehead atoms. The number of hydrogen-bond donors (Lipinski definition) is 1. The lowest BCUT2D eigenvalue weighted by atomic mass is 10.4. The van der Waals surface area contributed by atoms with E-state index in [2.05, 4.69) is 17.1 Å². The highest BCUT2D eigenvalue weighted by molar-refractivity contribution is 4.64. The number of piperazine rings is 1. The first-order valence-electron chi connectivity index (χ1n) is 4.36. The first kappa shape index (κ1) is 9.92. The van der Waals surface area contributed by atoms with E-state index in [9.17, 15) is 0 Å². The first-order chi connectivity index (χ1) is 4.93. The zero-order valence-corrected chi connectivity index (χ0v) is 7.48. The topological polar surface area (TPSA) is 15.3 Å². The van der Waals surface area contributed by atoms with E-state index in [0.29, 0.717) is 0 Å². The van der Waals surface area contributed by atoms with Gasteiger partial charge in [0, 0.05) is 26.2 Å². The summed E-state index contributed by atoms with van der Waals surface area (Å²) in [6.07, 6.45) is 0. The van der Waals surface area contributed by atoms with Gasteiger partial charge in [-0.1, -0.05) is 20.8 Å². The molecule has 0 aromatic heterocycles. The molecular formula is C8H20N2. The van der Waals surface area contributed by atoms with Crippen LogP contribution < -0.4 is 5.32 Å². The van der Waals surface area contributed by atoms with Crippen LogP contribution in [0, 0.1) is 0 Å². The average Bonchev–Trinajstić information content (AvgIpc) is 2.10. The molecule has 0 amide bonds. The summed E-state index contributed by atoms with van der Waals surface area (Å²) in [7, 11) is 0. The maximum absolute atomic E-state index is 3.31. The minimum absolute atomic E-state index is 1.17. The van der Waals surface area contributed by atoms with Crippen LogP contribution in [0.25, 0.3) is 0 Å². The molecule has 1 aliphatic rings. The lowest BCUT2D eigenvalue weighted by Crippen LogP contribution is -2.43. The minimum atomic E-state index is 1.17. The molecule has 0 radical (unpaired) electrons. The number of nitrogens with zero attached hydrogens (tertiary/aromatic N) is 1. The monoisotopic (exact) mass is 144 g/mol. The number of nitrogens with one attached hydrogen (secondary N) is 1. The predicted octanol–water partition coefficient (Wildman–Crippen LogP) is 0.938. The van der Waals surface area contributed by atoms with Crippen LogP contribution in [0.4, 0.5) is 0 Å². The smallest absolute Gasteiger partial charge is 0.0107 e. The van der Waals surface area contributed by atoms with Crippen molar-refractivity contribution in [3.8, 4) is 0 Å². The van der Waals surface area contributed by atoms with Crippen molar-refractivity contribution in [2.75, 3.05) is 32.7 Å². The van der Waals surface area contributed by atoms with Crippen LogP contribution in [-0.4, -0.2) is 37.6 Å². The van der Waals surface area contributed by atoms with Crippen molar-refractivity contribution in [1.82, 2.24) is 10.2 Å². The van der Waals surface area contributed by atoms with Crippen LogP contribution in [-0.2, 0) is 0 Å². The Morgan fingerprint density at radius 3 is 2.00 bits per heavy atom. The van der Waals surface area contributed by atoms with Gasteiger partial charge in [0.15, 0.2) is 0 Å². The minimum Gasteiger partial charge on any atom is -0.314 e. The van der Waals surface area contributed by atoms with Gasteiger partial charge < -0.3 is 10.2 Å². The predicted molar refractivity (Wildman–Crippen MR) is 46.3 cm³/mol. The fraction of sp³-hybridized carbons (Fsp3) is 1.00. The maximum atomic E-state index is 3.31. The molecule has 0 aromatic carbocycles. The molecule has 2 nitrogen and oxygen atoms in total. The third-order valence-electron chi connectivity index (χ3n) is 1.66. The molecule has 0 atom stereocenters. The van der Waals surface area contributed by atoms with E-state index in [-0.39, 0.29) is 0 Å². The quantitative estimate of drug-likeness (QED) is 0.589. The molecule has 10 heavy (non-hydrogen) atoms. The molecular weight excluding hydrogens is 124 g/mol. The SMILES string of the molecule is CC.CCN1CCNCC1. The molecule has 0 saturated carbocycles. The molecule has 1 aliphatic heterocycles. The summed E-state index contributed by atoms with van der Waals surface area (Å²) >= 11 is 0. The second-order valence-electron chi connectivity index (χ2n) is 2.18. The van der Waals surface area contributed by atoms with E-state index in [1.165, 1.54) is 32.7 Å². The van der Waals surface area contributed by atoms with E-state index >= 15 is 0 Å². The molecule has 0 unspecified atom stereocenters. The van der Waals surface area contributed by atoms with Crippen LogP contribution in [0.5, 0.6) is 0 Å². The van der Waals surface area contributed by atoms with Gasteiger partial charge in [0.2, 0.25) is 0 Å². The Hall–Kier alpha value is -0.0800. The van der Waals surface area contributed by atoms with Crippen LogP contribution in [0.15, 0.2) is 0 Å². The summed E-state index contributed by atoms with van der Waals surface area (Å²) in [5.74, 6) is 0. The number of likely N-dealkylation sites (N-methyl/N-ethyl adjacent to an activating group) is 1. The zero-order chi connectivity index (χ0) is 7.82. The molecule has 1 rings (SSSR count). The first-order valence-corrected chi connectivity index (χ1v) is 4.36. The van der Waals surface area contributed by atoms with E-state index in [1.54, 1.807) is 0 Å². The molecule has 0 aromatic rings. The zero-order valence-electron chi connectivity index (χ0n) is 7.48. The summed E-state index contributed by atoms with van der Waals surface area (Å²) in [4.78, 5) is 2.45. The van der Waals surface area contributed by atoms with E-state index in [4.69, 9.17) is 0 Å². The van der Waals surface area contributed by atoms with Crippen molar-refractivity contribution >= 4 is 0 Å². The van der Waals surface area contributed by atoms with Crippen molar-refractivity contribution in [3.63, 3.8) is 0 Å². The normalized spacial score (nSPS) is 19.5. The molecule has 1 fully saturated rings. The molecule has 62 valence electrons. The fourth-order valence-corrected chi connectivity index (χ4v) is 1.03. The van der Waals surface area contributed by atoms with Gasteiger partial charge in [0.05, 0.1) is 0 Å². The van der Waals surface area contributed by atoms with Gasteiger partial charge in [-0.05, 0) is 6.54 Å². The van der Waals surface area contributed by atoms with Crippen LogP contribution in [0.1, 0.15) is 20.8 Å². The molecule has 2 heteroatoms. The molecule has 0 spiro atoms. The highest BCUT2D eigenvalue weighted by Crippen LogP contribution is 1.88. The fourth-order valence-electron chi connectivity index (χ4n) is 1.03. The standard InChI is InChI=1S/C6H14N2.C2H6/c1-2-8-5-3-7-4-6-8;1-2/h7H,2-6H2,1H3;1-2H3. The molecule has 1 heterocycles. The molecule has 0 aliphatic carbocycles. The Morgan fingerprint density at radius 1 is 1.20 bits per heavy atom. The summed E-state index contributed by atoms with van der Waals surface area (Å²) < 4.78 is 0. The summed E-state index contributed by atoms with van der Waals surface area (Å²) in [5.41, 5.74) is 0. The average molecular weight is 144 g/mol. The van der Waals surface area contributed by atoms with Gasteiger partial charge in [-0.2, -0.15) is 0 Å². The van der Waals surface area contributed by atoms with Crippen molar-refractivity contribution in [3.05, 3.63) is 0 Å². The van der Waals surface area contributed by atoms with Gasteiger partial charge in [-0.3, -0.25) is 0 Å². The van der Waals surface area contributed by atoms with E-state index < -0.39 is 0 Å². The van der Waals surface area contributed by atoms with Crippen molar-refractivity contribution in [2.45, 2.75) is 20.8 Å². The van der Waals surface area contributed by atoms with Crippen LogP contribution in [0.3, 0.4) is 0 Å². The summed E-state index contributed by atoms with van der Waals surface area (Å²) in [6.45, 7) is 12.2. The van der Waals surface area contributed by atoms with Crippen molar-refractivity contribution in [1.29, 1.82) is 0 Å². The third-order valence-corrected chi connectivity index (χ3v) is 1.66. The maximum Gasteiger partial charge on any atom is 0.0107 e. The van der Waals surface area contributed by atoms with Gasteiger partial charge in [0.25, 0.3) is 0 Å². The second-order valence-corrected chi connectivity index (χ2v) is 2.18. The second kappa shape index (κ2) is 7.03. The lowest BCUT2D eigenvalue weighted by molar-refractivity contribution is 0.253. The third kappa shape index (κ3) is 3.85. The highest BCUT2D eigenvalue weighted by atomic mass is 15.2. The largest absolute Gasteiger partial charge is 0.314 e. The summed E-state index contributed by atoms with van der Waals surface area (Å²) in [6, 6.07) is 0. The Kier molecular flexibility index (Phi) is 6.98. The molecule has 1 N–H and O–H groups in total. The number of rotatable bonds is 1. The number of hydrogen-bond acceptors (Lipinski definition) is 2. The van der Waals surface area contributed by atoms with Gasteiger partial charge in [0.1, 0.15) is 0 Å². The van der Waals surface area contributed by atoms with Crippen LogP contribution >= 0.6 is 0 Å². The Labute approximate surface area is 64.6 Å². The van der Waals surface area contributed by atoms with Crippen LogP contribution in [0.2, 0.25) is 0 Å². The van der Waals surface area contributed by atoms with Gasteiger partial charge in [-0.25, -0.2) is 0 Å². The Morgan fingerprint density at radius 2 is 1.70 bits per heavy atom. The molecule has 1 saturated heterocycles. The van der Waals surface area contributed by atoms with Gasteiger partial charge in [-0.15, -0.1) is 0 Å². The van der Waals surface area contributed by atoms with Gasteiger partial charge >= 0.3 is 0 Å². The summed E-state index contributed by atoms with van der Waals surface area (Å²) in [5, 5.41) is 3.31.